The van der Waals surface area contributed by atoms with Crippen LogP contribution in [-0.2, 0) is 6.54 Å². The Morgan fingerprint density at radius 3 is 3.11 bits per heavy atom. The normalized spacial score (nSPS) is 15.2. The van der Waals surface area contributed by atoms with Crippen molar-refractivity contribution in [3.63, 3.8) is 0 Å². The van der Waals surface area contributed by atoms with Crippen LogP contribution in [0, 0.1) is 0 Å². The number of benzene rings is 1. The summed E-state index contributed by atoms with van der Waals surface area (Å²) < 4.78 is 2.39. The van der Waals surface area contributed by atoms with E-state index in [1.54, 1.807) is 28.8 Å². The molecule has 5 heteroatoms. The van der Waals surface area contributed by atoms with Crippen LogP contribution < -0.4 is 14.9 Å². The zero-order valence-corrected chi connectivity index (χ0v) is 10.5. The second kappa shape index (κ2) is 4.42. The molecule has 92 valence electrons. The van der Waals surface area contributed by atoms with Gasteiger partial charge in [-0.1, -0.05) is 23.5 Å². The van der Waals surface area contributed by atoms with Crippen LogP contribution in [0.5, 0.6) is 5.75 Å². The third kappa shape index (κ3) is 1.97. The fourth-order valence-electron chi connectivity index (χ4n) is 1.99. The average molecular weight is 260 g/mol. The molecule has 18 heavy (non-hydrogen) atoms. The van der Waals surface area contributed by atoms with Crippen LogP contribution in [0.2, 0.25) is 0 Å². The minimum absolute atomic E-state index is 0.0155. The quantitative estimate of drug-likeness (QED) is 0.810. The van der Waals surface area contributed by atoms with E-state index in [9.17, 15) is 9.90 Å². The summed E-state index contributed by atoms with van der Waals surface area (Å²) in [7, 11) is 0. The average Bonchev–Trinajstić information content (AvgIpc) is 2.67. The van der Waals surface area contributed by atoms with Crippen LogP contribution in [0.1, 0.15) is 12.0 Å². The Kier molecular flexibility index (Phi) is 2.76. The van der Waals surface area contributed by atoms with E-state index in [-0.39, 0.29) is 11.3 Å². The Bertz CT molecular complexity index is 758. The van der Waals surface area contributed by atoms with Crippen LogP contribution >= 0.6 is 11.3 Å². The Balaban J connectivity index is 2.19. The van der Waals surface area contributed by atoms with Crippen molar-refractivity contribution in [2.75, 3.05) is 6.54 Å². The maximum Gasteiger partial charge on any atom is 0.270 e. The second-order valence-corrected chi connectivity index (χ2v) is 5.19. The summed E-state index contributed by atoms with van der Waals surface area (Å²) in [6.45, 7) is 1.55. The molecule has 4 nitrogen and oxygen atoms in total. The van der Waals surface area contributed by atoms with Crippen molar-refractivity contribution >= 4 is 17.4 Å². The lowest BCUT2D eigenvalue weighted by Gasteiger charge is -2.03. The lowest BCUT2D eigenvalue weighted by atomic mass is 10.2. The Morgan fingerprint density at radius 1 is 1.44 bits per heavy atom. The van der Waals surface area contributed by atoms with Gasteiger partial charge in [0.2, 0.25) is 0 Å². The van der Waals surface area contributed by atoms with Gasteiger partial charge in [-0.3, -0.25) is 14.4 Å². The fraction of sp³-hybridized carbons (Fsp3) is 0.231. The molecule has 1 aliphatic rings. The molecule has 1 N–H and O–H groups in total. The van der Waals surface area contributed by atoms with Gasteiger partial charge in [0.1, 0.15) is 5.75 Å². The molecular formula is C13H12N2O2S. The highest BCUT2D eigenvalue weighted by Gasteiger charge is 2.08. The van der Waals surface area contributed by atoms with E-state index in [2.05, 4.69) is 4.99 Å². The smallest absolute Gasteiger partial charge is 0.270 e. The number of fused-ring (bicyclic) bond motifs is 1. The minimum Gasteiger partial charge on any atom is -0.508 e. The molecule has 2 aromatic rings. The highest BCUT2D eigenvalue weighted by molar-refractivity contribution is 7.07. The Hall–Kier alpha value is -1.88. The van der Waals surface area contributed by atoms with E-state index < -0.39 is 0 Å². The molecular weight excluding hydrogens is 248 g/mol. The van der Waals surface area contributed by atoms with Crippen molar-refractivity contribution in [2.24, 2.45) is 4.99 Å². The first kappa shape index (κ1) is 11.2. The van der Waals surface area contributed by atoms with Crippen LogP contribution in [0.3, 0.4) is 0 Å². The summed E-state index contributed by atoms with van der Waals surface area (Å²) in [6, 6.07) is 6.87. The molecule has 2 heterocycles. The molecule has 0 bridgehead atoms. The maximum absolute atomic E-state index is 12.1. The first-order valence-electron chi connectivity index (χ1n) is 5.79. The van der Waals surface area contributed by atoms with E-state index in [1.165, 1.54) is 11.3 Å². The van der Waals surface area contributed by atoms with Gasteiger partial charge in [-0.25, -0.2) is 0 Å². The van der Waals surface area contributed by atoms with Crippen molar-refractivity contribution in [3.05, 3.63) is 49.5 Å². The van der Waals surface area contributed by atoms with Gasteiger partial charge in [0.05, 0.1) is 4.53 Å². The van der Waals surface area contributed by atoms with E-state index in [4.69, 9.17) is 0 Å². The molecule has 0 saturated carbocycles. The third-order valence-corrected chi connectivity index (χ3v) is 3.89. The molecule has 0 atom stereocenters. The van der Waals surface area contributed by atoms with Gasteiger partial charge in [-0.15, -0.1) is 0 Å². The summed E-state index contributed by atoms with van der Waals surface area (Å²) in [4.78, 5) is 17.3. The number of phenolic OH excluding ortho intramolecular Hbond substituents is 1. The molecule has 3 rings (SSSR count). The number of hydrogen-bond acceptors (Lipinski definition) is 4. The van der Waals surface area contributed by atoms with Gasteiger partial charge in [-0.05, 0) is 30.2 Å². The number of phenols is 1. The molecule has 0 unspecified atom stereocenters. The maximum atomic E-state index is 12.1. The van der Waals surface area contributed by atoms with Crippen LogP contribution in [0.25, 0.3) is 6.08 Å². The summed E-state index contributed by atoms with van der Waals surface area (Å²) in [5.74, 6) is 0.204. The van der Waals surface area contributed by atoms with E-state index in [0.717, 1.165) is 29.9 Å². The first-order chi connectivity index (χ1) is 8.74. The lowest BCUT2D eigenvalue weighted by molar-refractivity contribution is 0.475. The molecule has 1 aromatic carbocycles. The molecule has 1 aliphatic heterocycles. The Labute approximate surface area is 107 Å². The number of hydrogen-bond donors (Lipinski definition) is 1. The summed E-state index contributed by atoms with van der Waals surface area (Å²) >= 11 is 1.41. The molecule has 0 aliphatic carbocycles. The van der Waals surface area contributed by atoms with E-state index in [0.29, 0.717) is 4.53 Å². The molecule has 1 aromatic heterocycles. The zero-order chi connectivity index (χ0) is 12.5. The molecule has 0 amide bonds. The van der Waals surface area contributed by atoms with Gasteiger partial charge >= 0.3 is 0 Å². The minimum atomic E-state index is 0.0155. The number of aromatic hydroxyl groups is 1. The molecule has 0 fully saturated rings. The first-order valence-corrected chi connectivity index (χ1v) is 6.60. The van der Waals surface area contributed by atoms with Crippen molar-refractivity contribution in [2.45, 2.75) is 13.0 Å². The van der Waals surface area contributed by atoms with Crippen LogP contribution in [-0.4, -0.2) is 16.2 Å². The Morgan fingerprint density at radius 2 is 2.33 bits per heavy atom. The largest absolute Gasteiger partial charge is 0.508 e. The molecule has 0 spiro atoms. The topological polar surface area (TPSA) is 54.6 Å². The zero-order valence-electron chi connectivity index (χ0n) is 9.67. The summed E-state index contributed by atoms with van der Waals surface area (Å²) in [5, 5.41) is 9.40. The summed E-state index contributed by atoms with van der Waals surface area (Å²) in [5.41, 5.74) is 0.841. The van der Waals surface area contributed by atoms with Crippen molar-refractivity contribution in [1.29, 1.82) is 0 Å². The predicted molar refractivity (Wildman–Crippen MR) is 70.5 cm³/mol. The fourth-order valence-corrected chi connectivity index (χ4v) is 3.02. The van der Waals surface area contributed by atoms with Gasteiger partial charge < -0.3 is 5.11 Å². The number of aromatic nitrogens is 1. The van der Waals surface area contributed by atoms with Crippen molar-refractivity contribution in [3.8, 4) is 5.75 Å². The number of thiazole rings is 1. The number of nitrogens with zero attached hydrogens (tertiary/aromatic N) is 2. The second-order valence-electron chi connectivity index (χ2n) is 4.18. The van der Waals surface area contributed by atoms with Crippen LogP contribution in [0.15, 0.2) is 34.1 Å². The van der Waals surface area contributed by atoms with Gasteiger partial charge in [0.15, 0.2) is 4.80 Å². The van der Waals surface area contributed by atoms with Crippen molar-refractivity contribution < 1.29 is 5.11 Å². The van der Waals surface area contributed by atoms with Crippen LogP contribution in [0.4, 0.5) is 0 Å². The monoisotopic (exact) mass is 260 g/mol. The van der Waals surface area contributed by atoms with Gasteiger partial charge in [-0.2, -0.15) is 0 Å². The highest BCUT2D eigenvalue weighted by atomic mass is 32.1. The van der Waals surface area contributed by atoms with Crippen molar-refractivity contribution in [1.82, 2.24) is 4.57 Å². The number of rotatable bonds is 1. The van der Waals surface area contributed by atoms with E-state index >= 15 is 0 Å². The SMILES string of the molecule is O=c1/c(=C/c2cccc(O)c2)sc2n1CCCN=2. The standard InChI is InChI=1S/C13H12N2O2S/c16-10-4-1-3-9(7-10)8-11-12(17)15-6-2-5-14-13(15)18-11/h1,3-4,7-8,16H,2,5-6H2/b11-8-. The van der Waals surface area contributed by atoms with Gasteiger partial charge in [0.25, 0.3) is 5.56 Å². The van der Waals surface area contributed by atoms with Gasteiger partial charge in [0, 0.05) is 13.1 Å². The highest BCUT2D eigenvalue weighted by Crippen LogP contribution is 2.10. The lowest BCUT2D eigenvalue weighted by Crippen LogP contribution is -2.33. The molecule has 0 saturated heterocycles. The third-order valence-electron chi connectivity index (χ3n) is 2.84. The predicted octanol–water partition coefficient (Wildman–Crippen LogP) is 0.467. The van der Waals surface area contributed by atoms with E-state index in [1.807, 2.05) is 6.07 Å². The molecule has 0 radical (unpaired) electrons. The summed E-state index contributed by atoms with van der Waals surface area (Å²) in [6.07, 6.45) is 2.72.